The van der Waals surface area contributed by atoms with E-state index in [4.69, 9.17) is 15.2 Å². The fraction of sp³-hybridized carbons (Fsp3) is 0.500. The Morgan fingerprint density at radius 2 is 2.12 bits per heavy atom. The molecule has 1 rings (SSSR count). The fourth-order valence-corrected chi connectivity index (χ4v) is 1.95. The Morgan fingerprint density at radius 3 is 2.75 bits per heavy atom. The number of halogens is 1. The summed E-state index contributed by atoms with van der Waals surface area (Å²) in [5.41, 5.74) is 7.09. The van der Waals surface area contributed by atoms with Crippen LogP contribution in [0.1, 0.15) is 12.0 Å². The maximum absolute atomic E-state index is 5.88. The van der Waals surface area contributed by atoms with Gasteiger partial charge >= 0.3 is 0 Å². The molecular weight excluding hydrogens is 270 g/mol. The third-order valence-corrected chi connectivity index (χ3v) is 3.19. The highest BCUT2D eigenvalue weighted by Crippen LogP contribution is 2.23. The van der Waals surface area contributed by atoms with Crippen molar-refractivity contribution < 1.29 is 9.47 Å². The number of hydrogen-bond donors (Lipinski definition) is 1. The van der Waals surface area contributed by atoms with Crippen LogP contribution in [-0.2, 0) is 11.2 Å². The first-order valence-electron chi connectivity index (χ1n) is 5.24. The predicted octanol–water partition coefficient (Wildman–Crippen LogP) is 2.36. The number of benzene rings is 1. The average molecular weight is 288 g/mol. The summed E-state index contributed by atoms with van der Waals surface area (Å²) in [6, 6.07) is 6.05. The molecule has 0 aromatic heterocycles. The number of rotatable bonds is 6. The zero-order chi connectivity index (χ0) is 12.0. The van der Waals surface area contributed by atoms with Crippen molar-refractivity contribution in [3.8, 4) is 5.75 Å². The Hall–Kier alpha value is -0.580. The smallest absolute Gasteiger partial charge is 0.119 e. The monoisotopic (exact) mass is 287 g/mol. The standard InChI is InChI=1S/C12H18BrNO2/c1-15-8-10(14)4-3-9-7-11(16-2)5-6-12(9)13/h5-7,10H,3-4,8,14H2,1-2H3. The van der Waals surface area contributed by atoms with Gasteiger partial charge in [0.15, 0.2) is 0 Å². The second-order valence-corrected chi connectivity index (χ2v) is 4.57. The number of hydrogen-bond acceptors (Lipinski definition) is 3. The molecule has 1 aromatic rings. The lowest BCUT2D eigenvalue weighted by molar-refractivity contribution is 0.177. The summed E-state index contributed by atoms with van der Waals surface area (Å²) in [5.74, 6) is 0.874. The van der Waals surface area contributed by atoms with E-state index in [1.54, 1.807) is 14.2 Å². The highest BCUT2D eigenvalue weighted by molar-refractivity contribution is 9.10. The first kappa shape index (κ1) is 13.5. The first-order valence-corrected chi connectivity index (χ1v) is 6.03. The van der Waals surface area contributed by atoms with Gasteiger partial charge in [-0.1, -0.05) is 15.9 Å². The van der Waals surface area contributed by atoms with Gasteiger partial charge in [-0.3, -0.25) is 0 Å². The lowest BCUT2D eigenvalue weighted by Crippen LogP contribution is -2.26. The van der Waals surface area contributed by atoms with Gasteiger partial charge in [0.05, 0.1) is 13.7 Å². The van der Waals surface area contributed by atoms with Crippen LogP contribution in [0.25, 0.3) is 0 Å². The van der Waals surface area contributed by atoms with Crippen molar-refractivity contribution >= 4 is 15.9 Å². The maximum atomic E-state index is 5.88. The summed E-state index contributed by atoms with van der Waals surface area (Å²) in [7, 11) is 3.34. The molecule has 4 heteroatoms. The number of nitrogens with two attached hydrogens (primary N) is 1. The van der Waals surface area contributed by atoms with Gasteiger partial charge in [-0.25, -0.2) is 0 Å². The molecule has 1 atom stereocenters. The van der Waals surface area contributed by atoms with Crippen molar-refractivity contribution in [2.24, 2.45) is 5.73 Å². The minimum Gasteiger partial charge on any atom is -0.497 e. The van der Waals surface area contributed by atoms with Gasteiger partial charge in [-0.2, -0.15) is 0 Å². The van der Waals surface area contributed by atoms with E-state index < -0.39 is 0 Å². The summed E-state index contributed by atoms with van der Waals surface area (Å²) < 4.78 is 11.3. The molecule has 0 spiro atoms. The van der Waals surface area contributed by atoms with Crippen LogP contribution < -0.4 is 10.5 Å². The third-order valence-electron chi connectivity index (χ3n) is 2.42. The zero-order valence-electron chi connectivity index (χ0n) is 9.70. The second-order valence-electron chi connectivity index (χ2n) is 3.71. The van der Waals surface area contributed by atoms with Crippen molar-refractivity contribution in [1.82, 2.24) is 0 Å². The van der Waals surface area contributed by atoms with Gasteiger partial charge in [0.2, 0.25) is 0 Å². The lowest BCUT2D eigenvalue weighted by Gasteiger charge is -2.11. The molecule has 2 N–H and O–H groups in total. The highest BCUT2D eigenvalue weighted by Gasteiger charge is 2.06. The number of aryl methyl sites for hydroxylation is 1. The average Bonchev–Trinajstić information content (AvgIpc) is 2.28. The zero-order valence-corrected chi connectivity index (χ0v) is 11.3. The molecule has 0 aliphatic heterocycles. The Kier molecular flexibility index (Phi) is 5.80. The molecule has 0 saturated carbocycles. The van der Waals surface area contributed by atoms with Crippen molar-refractivity contribution in [3.05, 3.63) is 28.2 Å². The molecule has 0 aliphatic rings. The van der Waals surface area contributed by atoms with Crippen LogP contribution in [0.5, 0.6) is 5.75 Å². The van der Waals surface area contributed by atoms with Gasteiger partial charge < -0.3 is 15.2 Å². The summed E-state index contributed by atoms with van der Waals surface area (Å²) >= 11 is 3.52. The summed E-state index contributed by atoms with van der Waals surface area (Å²) in [5, 5.41) is 0. The SMILES string of the molecule is COCC(N)CCc1cc(OC)ccc1Br. The van der Waals surface area contributed by atoms with Gasteiger partial charge in [-0.05, 0) is 36.6 Å². The number of methoxy groups -OCH3 is 2. The molecule has 0 aliphatic carbocycles. The quantitative estimate of drug-likeness (QED) is 0.874. The minimum atomic E-state index is 0.0862. The van der Waals surface area contributed by atoms with E-state index in [-0.39, 0.29) is 6.04 Å². The normalized spacial score (nSPS) is 12.5. The summed E-state index contributed by atoms with van der Waals surface area (Å²) in [6.07, 6.45) is 1.82. The Morgan fingerprint density at radius 1 is 1.38 bits per heavy atom. The molecular formula is C12H18BrNO2. The van der Waals surface area contributed by atoms with Gasteiger partial charge in [0.1, 0.15) is 5.75 Å². The van der Waals surface area contributed by atoms with Crippen molar-refractivity contribution in [2.75, 3.05) is 20.8 Å². The molecule has 0 amide bonds. The van der Waals surface area contributed by atoms with Crippen molar-refractivity contribution in [2.45, 2.75) is 18.9 Å². The maximum Gasteiger partial charge on any atom is 0.119 e. The highest BCUT2D eigenvalue weighted by atomic mass is 79.9. The molecule has 1 aromatic carbocycles. The Bertz CT molecular complexity index is 331. The molecule has 3 nitrogen and oxygen atoms in total. The Labute approximate surface area is 105 Å². The van der Waals surface area contributed by atoms with Crippen LogP contribution in [0.15, 0.2) is 22.7 Å². The van der Waals surface area contributed by atoms with E-state index in [9.17, 15) is 0 Å². The molecule has 90 valence electrons. The molecule has 0 bridgehead atoms. The second kappa shape index (κ2) is 6.89. The number of ether oxygens (including phenoxy) is 2. The van der Waals surface area contributed by atoms with E-state index in [1.165, 1.54) is 5.56 Å². The van der Waals surface area contributed by atoms with E-state index in [1.807, 2.05) is 18.2 Å². The van der Waals surface area contributed by atoms with Crippen LogP contribution in [0.3, 0.4) is 0 Å². The molecule has 1 unspecified atom stereocenters. The van der Waals surface area contributed by atoms with Gasteiger partial charge in [0, 0.05) is 17.6 Å². The van der Waals surface area contributed by atoms with Gasteiger partial charge in [0.25, 0.3) is 0 Å². The van der Waals surface area contributed by atoms with E-state index >= 15 is 0 Å². The summed E-state index contributed by atoms with van der Waals surface area (Å²) in [4.78, 5) is 0. The minimum absolute atomic E-state index is 0.0862. The van der Waals surface area contributed by atoms with Crippen LogP contribution >= 0.6 is 15.9 Å². The first-order chi connectivity index (χ1) is 7.67. The molecule has 0 fully saturated rings. The van der Waals surface area contributed by atoms with E-state index in [2.05, 4.69) is 15.9 Å². The van der Waals surface area contributed by atoms with Crippen LogP contribution in [0.2, 0.25) is 0 Å². The van der Waals surface area contributed by atoms with E-state index in [0.29, 0.717) is 6.61 Å². The molecule has 0 heterocycles. The molecule has 16 heavy (non-hydrogen) atoms. The lowest BCUT2D eigenvalue weighted by atomic mass is 10.1. The van der Waals surface area contributed by atoms with Crippen LogP contribution in [0.4, 0.5) is 0 Å². The van der Waals surface area contributed by atoms with Crippen LogP contribution in [0, 0.1) is 0 Å². The van der Waals surface area contributed by atoms with Crippen LogP contribution in [-0.4, -0.2) is 26.9 Å². The van der Waals surface area contributed by atoms with E-state index in [0.717, 1.165) is 23.1 Å². The third kappa shape index (κ3) is 4.12. The molecule has 0 saturated heterocycles. The topological polar surface area (TPSA) is 44.5 Å². The fourth-order valence-electron chi connectivity index (χ4n) is 1.51. The van der Waals surface area contributed by atoms with Gasteiger partial charge in [-0.15, -0.1) is 0 Å². The Balaban J connectivity index is 2.58. The predicted molar refractivity (Wildman–Crippen MR) is 68.9 cm³/mol. The van der Waals surface area contributed by atoms with Crippen molar-refractivity contribution in [1.29, 1.82) is 0 Å². The summed E-state index contributed by atoms with van der Waals surface area (Å²) in [6.45, 7) is 0.599. The molecule has 0 radical (unpaired) electrons. The van der Waals surface area contributed by atoms with Crippen molar-refractivity contribution in [3.63, 3.8) is 0 Å². The largest absolute Gasteiger partial charge is 0.497 e.